The highest BCUT2D eigenvalue weighted by Gasteiger charge is 2.47. The lowest BCUT2D eigenvalue weighted by molar-refractivity contribution is 0.0475. The minimum atomic E-state index is -2.74. The highest BCUT2D eigenvalue weighted by atomic mass is 32.2. The predicted molar refractivity (Wildman–Crippen MR) is 113 cm³/mol. The minimum absolute atomic E-state index is 0.0224. The minimum Gasteiger partial charge on any atom is -0.390 e. The van der Waals surface area contributed by atoms with Gasteiger partial charge in [-0.15, -0.1) is 0 Å². The topological polar surface area (TPSA) is 111 Å². The lowest BCUT2D eigenvalue weighted by atomic mass is 9.73. The molecule has 5 heterocycles. The van der Waals surface area contributed by atoms with E-state index in [0.29, 0.717) is 26.9 Å². The van der Waals surface area contributed by atoms with Crippen molar-refractivity contribution >= 4 is 17.6 Å². The van der Waals surface area contributed by atoms with E-state index in [2.05, 4.69) is 20.1 Å². The highest BCUT2D eigenvalue weighted by molar-refractivity contribution is 7.99. The number of halogens is 2. The number of nitrogens with two attached hydrogens (primary N) is 1. The third-order valence-electron chi connectivity index (χ3n) is 6.50. The van der Waals surface area contributed by atoms with Crippen LogP contribution in [-0.2, 0) is 13.2 Å². The fourth-order valence-corrected chi connectivity index (χ4v) is 5.59. The number of aryl methyl sites for hydroxylation is 1. The van der Waals surface area contributed by atoms with Crippen LogP contribution in [0.4, 0.5) is 14.6 Å². The first-order valence-corrected chi connectivity index (χ1v) is 11.2. The number of nitrogens with zero attached hydrogens (tertiary/aromatic N) is 7. The molecule has 1 saturated heterocycles. The average molecular weight is 463 g/mol. The zero-order chi connectivity index (χ0) is 22.5. The van der Waals surface area contributed by atoms with Gasteiger partial charge in [0.05, 0.1) is 30.2 Å². The van der Waals surface area contributed by atoms with Crippen molar-refractivity contribution < 1.29 is 13.9 Å². The summed E-state index contributed by atoms with van der Waals surface area (Å²) in [7, 11) is 0. The van der Waals surface area contributed by atoms with Crippen LogP contribution in [0.25, 0.3) is 0 Å². The van der Waals surface area contributed by atoms with Gasteiger partial charge in [-0.3, -0.25) is 4.68 Å². The molecule has 1 fully saturated rings. The molecule has 3 N–H and O–H groups in total. The molecule has 12 heteroatoms. The molecule has 0 saturated carbocycles. The largest absolute Gasteiger partial charge is 0.390 e. The molecule has 2 aliphatic heterocycles. The molecular formula is C20H24F2N8OS. The molecule has 0 aromatic carbocycles. The number of aromatic nitrogens is 6. The van der Waals surface area contributed by atoms with Crippen molar-refractivity contribution in [1.29, 1.82) is 0 Å². The Balaban J connectivity index is 1.35. The molecule has 0 bridgehead atoms. The summed E-state index contributed by atoms with van der Waals surface area (Å²) in [5, 5.41) is 18.7. The molecule has 2 aliphatic rings. The molecule has 1 spiro atoms. The van der Waals surface area contributed by atoms with Gasteiger partial charge in [-0.05, 0) is 43.7 Å². The first kappa shape index (κ1) is 21.3. The van der Waals surface area contributed by atoms with Gasteiger partial charge in [0.25, 0.3) is 0 Å². The zero-order valence-electron chi connectivity index (χ0n) is 17.5. The van der Waals surface area contributed by atoms with E-state index < -0.39 is 6.55 Å². The number of rotatable bonds is 5. The first-order chi connectivity index (χ1) is 15.4. The van der Waals surface area contributed by atoms with Crippen LogP contribution < -0.4 is 10.6 Å². The summed E-state index contributed by atoms with van der Waals surface area (Å²) < 4.78 is 28.9. The van der Waals surface area contributed by atoms with E-state index >= 15 is 0 Å². The second kappa shape index (κ2) is 8.09. The van der Waals surface area contributed by atoms with Gasteiger partial charge in [0.1, 0.15) is 15.7 Å². The van der Waals surface area contributed by atoms with E-state index in [1.165, 1.54) is 12.3 Å². The van der Waals surface area contributed by atoms with Crippen molar-refractivity contribution in [2.45, 2.75) is 55.6 Å². The van der Waals surface area contributed by atoms with Gasteiger partial charge in [0.15, 0.2) is 5.82 Å². The van der Waals surface area contributed by atoms with Gasteiger partial charge < -0.3 is 15.7 Å². The Kier molecular flexibility index (Phi) is 5.38. The summed E-state index contributed by atoms with van der Waals surface area (Å²) in [6.45, 7) is 1.06. The molecule has 0 radical (unpaired) electrons. The van der Waals surface area contributed by atoms with Gasteiger partial charge >= 0.3 is 6.55 Å². The van der Waals surface area contributed by atoms with Crippen LogP contribution in [0.3, 0.4) is 0 Å². The summed E-state index contributed by atoms with van der Waals surface area (Å²) in [4.78, 5) is 11.4. The molecule has 0 amide bonds. The lowest BCUT2D eigenvalue weighted by Gasteiger charge is -2.42. The van der Waals surface area contributed by atoms with E-state index in [1.807, 2.05) is 10.7 Å². The van der Waals surface area contributed by atoms with Gasteiger partial charge in [-0.25, -0.2) is 9.97 Å². The maximum Gasteiger partial charge on any atom is 0.334 e. The Hall–Kier alpha value is -2.57. The molecule has 3 aromatic heterocycles. The van der Waals surface area contributed by atoms with E-state index in [9.17, 15) is 13.9 Å². The SMILES string of the molecule is Cc1nc(N2CCC3(CC2)Cn2nccc2[C@@H]3N)c(CO)nc1Sc1ccnn1C(F)F. The van der Waals surface area contributed by atoms with Gasteiger partial charge in [-0.2, -0.15) is 23.7 Å². The van der Waals surface area contributed by atoms with Crippen LogP contribution in [0.2, 0.25) is 0 Å². The zero-order valence-corrected chi connectivity index (χ0v) is 18.3. The number of fused-ring (bicyclic) bond motifs is 1. The molecule has 9 nitrogen and oxygen atoms in total. The van der Waals surface area contributed by atoms with E-state index in [-0.39, 0.29) is 23.1 Å². The fourth-order valence-electron chi connectivity index (χ4n) is 4.69. The van der Waals surface area contributed by atoms with Crippen LogP contribution in [0, 0.1) is 12.3 Å². The molecule has 5 rings (SSSR count). The second-order valence-electron chi connectivity index (χ2n) is 8.28. The third kappa shape index (κ3) is 3.46. The smallest absolute Gasteiger partial charge is 0.334 e. The van der Waals surface area contributed by atoms with Gasteiger partial charge in [0, 0.05) is 31.2 Å². The fraction of sp³-hybridized carbons (Fsp3) is 0.500. The Morgan fingerprint density at radius 3 is 2.66 bits per heavy atom. The maximum atomic E-state index is 13.1. The quantitative estimate of drug-likeness (QED) is 0.595. The average Bonchev–Trinajstić information content (AvgIpc) is 3.49. The molecular weight excluding hydrogens is 438 g/mol. The Morgan fingerprint density at radius 1 is 1.22 bits per heavy atom. The number of anilines is 1. The number of hydrogen-bond acceptors (Lipinski definition) is 8. The van der Waals surface area contributed by atoms with E-state index in [1.54, 1.807) is 13.1 Å². The van der Waals surface area contributed by atoms with Crippen molar-refractivity contribution in [1.82, 2.24) is 29.5 Å². The molecule has 1 atom stereocenters. The van der Waals surface area contributed by atoms with Crippen LogP contribution in [-0.4, -0.2) is 47.7 Å². The highest BCUT2D eigenvalue weighted by Crippen LogP contribution is 2.48. The number of aliphatic hydroxyl groups is 1. The summed E-state index contributed by atoms with van der Waals surface area (Å²) >= 11 is 1.06. The second-order valence-corrected chi connectivity index (χ2v) is 9.29. The number of piperidine rings is 1. The standard InChI is InChI=1S/C20H24F2N8OS/c1-12-18(32-15-3-7-25-30(15)19(21)22)27-13(10-31)17(26-12)28-8-4-20(5-9-28)11-29-14(16(20)23)2-6-24-29/h2-3,6-7,16,19,31H,4-5,8-11,23H2,1H3/t16-/m0/s1. The lowest BCUT2D eigenvalue weighted by Crippen LogP contribution is -2.45. The van der Waals surface area contributed by atoms with Gasteiger partial charge in [0.2, 0.25) is 0 Å². The monoisotopic (exact) mass is 462 g/mol. The first-order valence-electron chi connectivity index (χ1n) is 10.4. The summed E-state index contributed by atoms with van der Waals surface area (Å²) in [6.07, 6.45) is 4.87. The summed E-state index contributed by atoms with van der Waals surface area (Å²) in [5.41, 5.74) is 8.67. The number of hydrogen-bond donors (Lipinski definition) is 2. The maximum absolute atomic E-state index is 13.1. The van der Waals surface area contributed by atoms with Crippen molar-refractivity contribution in [3.63, 3.8) is 0 Å². The van der Waals surface area contributed by atoms with Crippen molar-refractivity contribution in [3.05, 3.63) is 41.6 Å². The van der Waals surface area contributed by atoms with Gasteiger partial charge in [-0.1, -0.05) is 0 Å². The molecule has 32 heavy (non-hydrogen) atoms. The van der Waals surface area contributed by atoms with Crippen molar-refractivity contribution in [2.24, 2.45) is 11.1 Å². The number of alkyl halides is 2. The Bertz CT molecular complexity index is 1120. The third-order valence-corrected chi connectivity index (χ3v) is 7.61. The van der Waals surface area contributed by atoms with E-state index in [4.69, 9.17) is 10.7 Å². The van der Waals surface area contributed by atoms with Crippen molar-refractivity contribution in [2.75, 3.05) is 18.0 Å². The van der Waals surface area contributed by atoms with Crippen molar-refractivity contribution in [3.8, 4) is 0 Å². The predicted octanol–water partition coefficient (Wildman–Crippen LogP) is 2.52. The van der Waals surface area contributed by atoms with Crippen LogP contribution in [0.5, 0.6) is 0 Å². The van der Waals surface area contributed by atoms with Crippen LogP contribution in [0.1, 0.15) is 42.5 Å². The summed E-state index contributed by atoms with van der Waals surface area (Å²) in [5.74, 6) is 0.635. The normalized spacial score (nSPS) is 19.8. The van der Waals surface area contributed by atoms with E-state index in [0.717, 1.165) is 49.9 Å². The molecule has 170 valence electrons. The number of aliphatic hydroxyl groups excluding tert-OH is 1. The summed E-state index contributed by atoms with van der Waals surface area (Å²) in [6, 6.07) is 3.45. The Labute approximate surface area is 187 Å². The molecule has 0 aliphatic carbocycles. The molecule has 0 unspecified atom stereocenters. The van der Waals surface area contributed by atoms with Crippen LogP contribution >= 0.6 is 11.8 Å². The van der Waals surface area contributed by atoms with Crippen LogP contribution in [0.15, 0.2) is 34.6 Å². The molecule has 3 aromatic rings. The Morgan fingerprint density at radius 2 is 1.97 bits per heavy atom.